The van der Waals surface area contributed by atoms with Crippen LogP contribution in [0.2, 0.25) is 0 Å². The predicted octanol–water partition coefficient (Wildman–Crippen LogP) is 4.92. The van der Waals surface area contributed by atoms with Crippen molar-refractivity contribution in [3.8, 4) is 0 Å². The number of rotatable bonds is 3. The SMILES string of the molecule is CC.Cc1cc(C)c(N/C(=C\C(=N)N)C(C)(C)C)c(C)c1. The molecule has 1 aromatic carbocycles. The fourth-order valence-electron chi connectivity index (χ4n) is 2.11. The van der Waals surface area contributed by atoms with Crippen LogP contribution in [0.5, 0.6) is 0 Å². The van der Waals surface area contributed by atoms with Gasteiger partial charge in [0, 0.05) is 16.8 Å². The van der Waals surface area contributed by atoms with Gasteiger partial charge in [0.25, 0.3) is 0 Å². The van der Waals surface area contributed by atoms with E-state index in [1.54, 1.807) is 6.08 Å². The average molecular weight is 289 g/mol. The monoisotopic (exact) mass is 289 g/mol. The van der Waals surface area contributed by atoms with Crippen molar-refractivity contribution in [1.29, 1.82) is 5.41 Å². The van der Waals surface area contributed by atoms with E-state index >= 15 is 0 Å². The largest absolute Gasteiger partial charge is 0.384 e. The maximum atomic E-state index is 7.47. The van der Waals surface area contributed by atoms with Crippen LogP contribution >= 0.6 is 0 Å². The molecule has 1 aromatic rings. The third-order valence-corrected chi connectivity index (χ3v) is 3.04. The Morgan fingerprint density at radius 1 is 1.10 bits per heavy atom. The lowest BCUT2D eigenvalue weighted by Gasteiger charge is -2.26. The number of allylic oxidation sites excluding steroid dienone is 1. The molecule has 0 aliphatic heterocycles. The van der Waals surface area contributed by atoms with Gasteiger partial charge in [0.05, 0.1) is 0 Å². The molecule has 0 amide bonds. The summed E-state index contributed by atoms with van der Waals surface area (Å²) in [6.07, 6.45) is 1.69. The first-order valence-corrected chi connectivity index (χ1v) is 7.52. The minimum absolute atomic E-state index is 0.0693. The standard InChI is InChI=1S/C16H25N3.C2H6/c1-10-7-11(2)15(12(3)8-10)19-13(9-14(17)18)16(4,5)6;1-2/h7-9,19H,1-6H3,(H3,17,18);1-2H3/b13-9-;. The molecule has 1 rings (SSSR count). The van der Waals surface area contributed by atoms with E-state index < -0.39 is 0 Å². The van der Waals surface area contributed by atoms with Gasteiger partial charge in [-0.05, 0) is 38.0 Å². The maximum Gasteiger partial charge on any atom is 0.117 e. The summed E-state index contributed by atoms with van der Waals surface area (Å²) >= 11 is 0. The summed E-state index contributed by atoms with van der Waals surface area (Å²) in [6, 6.07) is 4.31. The number of nitrogens with one attached hydrogen (secondary N) is 2. The Morgan fingerprint density at radius 3 is 1.86 bits per heavy atom. The van der Waals surface area contributed by atoms with E-state index in [1.807, 2.05) is 13.8 Å². The van der Waals surface area contributed by atoms with Crippen molar-refractivity contribution in [3.63, 3.8) is 0 Å². The van der Waals surface area contributed by atoms with Gasteiger partial charge in [0.2, 0.25) is 0 Å². The summed E-state index contributed by atoms with van der Waals surface area (Å²) in [5.74, 6) is 0.0693. The topological polar surface area (TPSA) is 61.9 Å². The van der Waals surface area contributed by atoms with Gasteiger partial charge < -0.3 is 11.1 Å². The lowest BCUT2D eigenvalue weighted by molar-refractivity contribution is 0.508. The lowest BCUT2D eigenvalue weighted by atomic mass is 9.90. The van der Waals surface area contributed by atoms with Crippen molar-refractivity contribution in [2.75, 3.05) is 5.32 Å². The predicted molar refractivity (Wildman–Crippen MR) is 95.1 cm³/mol. The molecule has 21 heavy (non-hydrogen) atoms. The fourth-order valence-corrected chi connectivity index (χ4v) is 2.11. The molecule has 0 saturated heterocycles. The summed E-state index contributed by atoms with van der Waals surface area (Å²) in [5.41, 5.74) is 11.1. The molecule has 0 heterocycles. The first-order valence-electron chi connectivity index (χ1n) is 7.52. The molecule has 0 radical (unpaired) electrons. The highest BCUT2D eigenvalue weighted by atomic mass is 14.9. The zero-order chi connectivity index (χ0) is 16.8. The maximum absolute atomic E-state index is 7.47. The summed E-state index contributed by atoms with van der Waals surface area (Å²) in [5, 5.41) is 10.9. The van der Waals surface area contributed by atoms with Crippen molar-refractivity contribution in [2.45, 2.75) is 55.4 Å². The van der Waals surface area contributed by atoms with Gasteiger partial charge in [-0.3, -0.25) is 5.41 Å². The lowest BCUT2D eigenvalue weighted by Crippen LogP contribution is -2.21. The highest BCUT2D eigenvalue weighted by molar-refractivity contribution is 5.90. The first-order chi connectivity index (χ1) is 9.61. The smallest absolute Gasteiger partial charge is 0.117 e. The van der Waals surface area contributed by atoms with Gasteiger partial charge in [-0.2, -0.15) is 0 Å². The molecule has 0 spiro atoms. The summed E-state index contributed by atoms with van der Waals surface area (Å²) in [4.78, 5) is 0. The quantitative estimate of drug-likeness (QED) is 0.546. The van der Waals surface area contributed by atoms with Crippen LogP contribution in [0.15, 0.2) is 23.9 Å². The number of benzene rings is 1. The molecule has 3 nitrogen and oxygen atoms in total. The molecular weight excluding hydrogens is 258 g/mol. The molecule has 118 valence electrons. The Morgan fingerprint density at radius 2 is 1.52 bits per heavy atom. The number of aryl methyl sites for hydroxylation is 3. The van der Waals surface area contributed by atoms with Crippen LogP contribution in [0, 0.1) is 31.6 Å². The van der Waals surface area contributed by atoms with Gasteiger partial charge in [0.1, 0.15) is 5.84 Å². The van der Waals surface area contributed by atoms with Crippen LogP contribution < -0.4 is 11.1 Å². The van der Waals surface area contributed by atoms with E-state index in [2.05, 4.69) is 59.0 Å². The van der Waals surface area contributed by atoms with E-state index in [9.17, 15) is 0 Å². The van der Waals surface area contributed by atoms with Crippen molar-refractivity contribution in [1.82, 2.24) is 0 Å². The summed E-state index contributed by atoms with van der Waals surface area (Å²) in [6.45, 7) is 16.6. The van der Waals surface area contributed by atoms with Crippen molar-refractivity contribution in [2.24, 2.45) is 11.1 Å². The second-order valence-corrected chi connectivity index (χ2v) is 6.16. The number of amidine groups is 1. The van der Waals surface area contributed by atoms with Crippen molar-refractivity contribution >= 4 is 11.5 Å². The molecule has 0 aliphatic rings. The molecule has 0 fully saturated rings. The molecule has 3 heteroatoms. The minimum atomic E-state index is -0.0879. The zero-order valence-corrected chi connectivity index (χ0v) is 14.8. The molecule has 0 aromatic heterocycles. The molecule has 0 atom stereocenters. The molecule has 0 saturated carbocycles. The number of anilines is 1. The van der Waals surface area contributed by atoms with Crippen LogP contribution in [0.4, 0.5) is 5.69 Å². The van der Waals surface area contributed by atoms with Gasteiger partial charge in [-0.1, -0.05) is 52.3 Å². The van der Waals surface area contributed by atoms with Crippen LogP contribution in [-0.2, 0) is 0 Å². The molecule has 0 unspecified atom stereocenters. The van der Waals surface area contributed by atoms with Gasteiger partial charge in [0.15, 0.2) is 0 Å². The third-order valence-electron chi connectivity index (χ3n) is 3.04. The molecule has 0 aliphatic carbocycles. The highest BCUT2D eigenvalue weighted by Crippen LogP contribution is 2.30. The Hall–Kier alpha value is -1.77. The number of hydrogen-bond acceptors (Lipinski definition) is 2. The van der Waals surface area contributed by atoms with Crippen LogP contribution in [0.1, 0.15) is 51.3 Å². The van der Waals surface area contributed by atoms with Crippen LogP contribution in [0.25, 0.3) is 0 Å². The van der Waals surface area contributed by atoms with Crippen LogP contribution in [-0.4, -0.2) is 5.84 Å². The second-order valence-electron chi connectivity index (χ2n) is 6.16. The van der Waals surface area contributed by atoms with E-state index in [4.69, 9.17) is 11.1 Å². The summed E-state index contributed by atoms with van der Waals surface area (Å²) in [7, 11) is 0. The average Bonchev–Trinajstić information content (AvgIpc) is 2.32. The van der Waals surface area contributed by atoms with E-state index in [0.717, 1.165) is 11.4 Å². The first kappa shape index (κ1) is 19.2. The van der Waals surface area contributed by atoms with E-state index in [0.29, 0.717) is 0 Å². The van der Waals surface area contributed by atoms with Gasteiger partial charge >= 0.3 is 0 Å². The Balaban J connectivity index is 0.00000191. The molecule has 0 bridgehead atoms. The van der Waals surface area contributed by atoms with E-state index in [1.165, 1.54) is 16.7 Å². The van der Waals surface area contributed by atoms with Crippen molar-refractivity contribution in [3.05, 3.63) is 40.6 Å². The van der Waals surface area contributed by atoms with Gasteiger partial charge in [-0.15, -0.1) is 0 Å². The fraction of sp³-hybridized carbons (Fsp3) is 0.500. The normalized spacial score (nSPS) is 11.5. The third kappa shape index (κ3) is 6.03. The van der Waals surface area contributed by atoms with E-state index in [-0.39, 0.29) is 11.3 Å². The zero-order valence-electron chi connectivity index (χ0n) is 14.8. The van der Waals surface area contributed by atoms with Crippen molar-refractivity contribution < 1.29 is 0 Å². The minimum Gasteiger partial charge on any atom is -0.384 e. The Labute approximate surface area is 130 Å². The van der Waals surface area contributed by atoms with Crippen LogP contribution in [0.3, 0.4) is 0 Å². The molecular formula is C18H31N3. The summed E-state index contributed by atoms with van der Waals surface area (Å²) < 4.78 is 0. The highest BCUT2D eigenvalue weighted by Gasteiger charge is 2.19. The molecule has 4 N–H and O–H groups in total. The van der Waals surface area contributed by atoms with Gasteiger partial charge in [-0.25, -0.2) is 0 Å². The Bertz CT molecular complexity index is 497. The Kier molecular flexibility index (Phi) is 7.20. The number of nitrogens with two attached hydrogens (primary N) is 1. The second kappa shape index (κ2) is 7.87. The number of hydrogen-bond donors (Lipinski definition) is 3.